The van der Waals surface area contributed by atoms with Crippen molar-refractivity contribution in [2.75, 3.05) is 17.7 Å². The first-order valence-corrected chi connectivity index (χ1v) is 9.39. The highest BCUT2D eigenvalue weighted by molar-refractivity contribution is 6.13. The van der Waals surface area contributed by atoms with E-state index in [0.717, 1.165) is 23.6 Å². The number of hydrogen-bond donors (Lipinski definition) is 2. The number of benzene rings is 3. The van der Waals surface area contributed by atoms with E-state index < -0.39 is 0 Å². The standard InChI is InChI=1S/C23H24N2O3/c1-3-4-12-22(26)25-20-14-13-17(15-21(20)28-2)24-23(27)19-11-7-9-16-8-5-6-10-18(16)19/h5-11,13-15H,3-4,12H2,1-2H3,(H,24,27)(H,25,26). The van der Waals surface area contributed by atoms with Crippen LogP contribution in [0.15, 0.2) is 60.7 Å². The van der Waals surface area contributed by atoms with Crippen LogP contribution in [0, 0.1) is 0 Å². The monoisotopic (exact) mass is 376 g/mol. The van der Waals surface area contributed by atoms with Crippen LogP contribution in [0.4, 0.5) is 11.4 Å². The summed E-state index contributed by atoms with van der Waals surface area (Å²) in [6.07, 6.45) is 2.27. The van der Waals surface area contributed by atoms with Gasteiger partial charge in [-0.15, -0.1) is 0 Å². The Kier molecular flexibility index (Phi) is 6.27. The van der Waals surface area contributed by atoms with E-state index in [2.05, 4.69) is 10.6 Å². The normalized spacial score (nSPS) is 10.5. The van der Waals surface area contributed by atoms with Crippen LogP contribution in [0.25, 0.3) is 10.8 Å². The third kappa shape index (κ3) is 4.49. The van der Waals surface area contributed by atoms with Crippen LogP contribution in [0.3, 0.4) is 0 Å². The Bertz CT molecular complexity index is 993. The summed E-state index contributed by atoms with van der Waals surface area (Å²) in [4.78, 5) is 24.8. The molecule has 0 bridgehead atoms. The van der Waals surface area contributed by atoms with Crippen molar-refractivity contribution in [3.05, 3.63) is 66.2 Å². The average Bonchev–Trinajstić information content (AvgIpc) is 2.72. The van der Waals surface area contributed by atoms with E-state index in [9.17, 15) is 9.59 Å². The van der Waals surface area contributed by atoms with E-state index in [1.807, 2.05) is 43.3 Å². The second-order valence-electron chi connectivity index (χ2n) is 6.55. The van der Waals surface area contributed by atoms with Crippen LogP contribution in [-0.2, 0) is 4.79 Å². The van der Waals surface area contributed by atoms with E-state index in [-0.39, 0.29) is 11.8 Å². The van der Waals surface area contributed by atoms with E-state index in [1.165, 1.54) is 7.11 Å². The lowest BCUT2D eigenvalue weighted by Gasteiger charge is -2.13. The summed E-state index contributed by atoms with van der Waals surface area (Å²) in [5.41, 5.74) is 1.79. The fourth-order valence-corrected chi connectivity index (χ4v) is 3.04. The molecule has 28 heavy (non-hydrogen) atoms. The first kappa shape index (κ1) is 19.4. The molecule has 0 saturated heterocycles. The fourth-order valence-electron chi connectivity index (χ4n) is 3.04. The van der Waals surface area contributed by atoms with Gasteiger partial charge in [0, 0.05) is 23.7 Å². The van der Waals surface area contributed by atoms with Crippen LogP contribution < -0.4 is 15.4 Å². The summed E-state index contributed by atoms with van der Waals surface area (Å²) in [5.74, 6) is 0.256. The molecule has 3 aromatic rings. The highest BCUT2D eigenvalue weighted by Crippen LogP contribution is 2.29. The summed E-state index contributed by atoms with van der Waals surface area (Å²) < 4.78 is 5.38. The Morgan fingerprint density at radius 2 is 1.75 bits per heavy atom. The molecule has 0 aliphatic carbocycles. The third-order valence-electron chi connectivity index (χ3n) is 4.53. The second kappa shape index (κ2) is 9.04. The number of anilines is 2. The smallest absolute Gasteiger partial charge is 0.256 e. The van der Waals surface area contributed by atoms with Crippen molar-refractivity contribution in [2.45, 2.75) is 26.2 Å². The van der Waals surface area contributed by atoms with Gasteiger partial charge in [0.1, 0.15) is 5.75 Å². The van der Waals surface area contributed by atoms with Crippen LogP contribution in [-0.4, -0.2) is 18.9 Å². The van der Waals surface area contributed by atoms with Gasteiger partial charge < -0.3 is 15.4 Å². The molecular weight excluding hydrogens is 352 g/mol. The van der Waals surface area contributed by atoms with Gasteiger partial charge in [-0.3, -0.25) is 9.59 Å². The molecule has 5 heteroatoms. The Labute approximate surface area is 164 Å². The molecule has 0 heterocycles. The first-order valence-electron chi connectivity index (χ1n) is 9.39. The van der Waals surface area contributed by atoms with Gasteiger partial charge in [0.05, 0.1) is 12.8 Å². The number of ether oxygens (including phenoxy) is 1. The predicted octanol–water partition coefficient (Wildman–Crippen LogP) is 5.23. The molecule has 0 aliphatic heterocycles. The first-order chi connectivity index (χ1) is 13.6. The fraction of sp³-hybridized carbons (Fsp3) is 0.217. The lowest BCUT2D eigenvalue weighted by Crippen LogP contribution is -2.14. The second-order valence-corrected chi connectivity index (χ2v) is 6.55. The van der Waals surface area contributed by atoms with Crippen LogP contribution in [0.1, 0.15) is 36.5 Å². The molecule has 0 atom stereocenters. The average molecular weight is 376 g/mol. The number of amides is 2. The molecular formula is C23H24N2O3. The minimum atomic E-state index is -0.196. The lowest BCUT2D eigenvalue weighted by atomic mass is 10.0. The lowest BCUT2D eigenvalue weighted by molar-refractivity contribution is -0.116. The van der Waals surface area contributed by atoms with Crippen molar-refractivity contribution in [2.24, 2.45) is 0 Å². The number of hydrogen-bond acceptors (Lipinski definition) is 3. The Morgan fingerprint density at radius 1 is 0.964 bits per heavy atom. The number of carbonyl (C=O) groups excluding carboxylic acids is 2. The zero-order valence-electron chi connectivity index (χ0n) is 16.1. The van der Waals surface area contributed by atoms with E-state index in [1.54, 1.807) is 24.3 Å². The third-order valence-corrected chi connectivity index (χ3v) is 4.53. The molecule has 0 fully saturated rings. The van der Waals surface area contributed by atoms with Gasteiger partial charge in [-0.05, 0) is 35.4 Å². The van der Waals surface area contributed by atoms with Gasteiger partial charge in [0.25, 0.3) is 5.91 Å². The Balaban J connectivity index is 1.78. The molecule has 0 aromatic heterocycles. The molecule has 2 N–H and O–H groups in total. The molecule has 0 unspecified atom stereocenters. The summed E-state index contributed by atoms with van der Waals surface area (Å²) >= 11 is 0. The molecule has 3 rings (SSSR count). The van der Waals surface area contributed by atoms with Crippen LogP contribution in [0.5, 0.6) is 5.75 Å². The van der Waals surface area contributed by atoms with Gasteiger partial charge in [-0.2, -0.15) is 0 Å². The SMILES string of the molecule is CCCCC(=O)Nc1ccc(NC(=O)c2cccc3ccccc23)cc1OC. The number of carbonyl (C=O) groups is 2. The molecule has 2 amide bonds. The zero-order valence-corrected chi connectivity index (χ0v) is 16.1. The number of fused-ring (bicyclic) bond motifs is 1. The van der Waals surface area contributed by atoms with Gasteiger partial charge in [0.15, 0.2) is 0 Å². The maximum absolute atomic E-state index is 12.8. The van der Waals surface area contributed by atoms with Crippen molar-refractivity contribution >= 4 is 34.0 Å². The molecule has 0 saturated carbocycles. The van der Waals surface area contributed by atoms with E-state index >= 15 is 0 Å². The van der Waals surface area contributed by atoms with Crippen molar-refractivity contribution in [3.63, 3.8) is 0 Å². The van der Waals surface area contributed by atoms with Gasteiger partial charge in [0.2, 0.25) is 5.91 Å². The minimum Gasteiger partial charge on any atom is -0.494 e. The number of nitrogens with one attached hydrogen (secondary N) is 2. The molecule has 0 spiro atoms. The van der Waals surface area contributed by atoms with Gasteiger partial charge in [-0.1, -0.05) is 49.7 Å². The van der Waals surface area contributed by atoms with Crippen LogP contribution >= 0.6 is 0 Å². The summed E-state index contributed by atoms with van der Waals surface area (Å²) in [6.45, 7) is 2.04. The van der Waals surface area contributed by atoms with Crippen molar-refractivity contribution in [1.82, 2.24) is 0 Å². The molecule has 5 nitrogen and oxygen atoms in total. The molecule has 0 radical (unpaired) electrons. The number of methoxy groups -OCH3 is 1. The van der Waals surface area contributed by atoms with E-state index in [0.29, 0.717) is 29.1 Å². The topological polar surface area (TPSA) is 67.4 Å². The van der Waals surface area contributed by atoms with Crippen molar-refractivity contribution < 1.29 is 14.3 Å². The highest BCUT2D eigenvalue weighted by Gasteiger charge is 2.13. The van der Waals surface area contributed by atoms with Crippen molar-refractivity contribution in [1.29, 1.82) is 0 Å². The predicted molar refractivity (Wildman–Crippen MR) is 113 cm³/mol. The van der Waals surface area contributed by atoms with E-state index in [4.69, 9.17) is 4.74 Å². The maximum atomic E-state index is 12.8. The molecule has 3 aromatic carbocycles. The maximum Gasteiger partial charge on any atom is 0.256 e. The largest absolute Gasteiger partial charge is 0.494 e. The summed E-state index contributed by atoms with van der Waals surface area (Å²) in [5, 5.41) is 7.67. The molecule has 0 aliphatic rings. The van der Waals surface area contributed by atoms with Crippen LogP contribution in [0.2, 0.25) is 0 Å². The van der Waals surface area contributed by atoms with Crippen molar-refractivity contribution in [3.8, 4) is 5.75 Å². The molecule has 144 valence electrons. The zero-order chi connectivity index (χ0) is 19.9. The highest BCUT2D eigenvalue weighted by atomic mass is 16.5. The summed E-state index contributed by atoms with van der Waals surface area (Å²) in [6, 6.07) is 18.6. The van der Waals surface area contributed by atoms with Gasteiger partial charge in [-0.25, -0.2) is 0 Å². The Morgan fingerprint density at radius 3 is 2.54 bits per heavy atom. The Hall–Kier alpha value is -3.34. The quantitative estimate of drug-likeness (QED) is 0.593. The van der Waals surface area contributed by atoms with Gasteiger partial charge >= 0.3 is 0 Å². The number of rotatable bonds is 7. The number of unbranched alkanes of at least 4 members (excludes halogenated alkanes) is 1. The summed E-state index contributed by atoms with van der Waals surface area (Å²) in [7, 11) is 1.54. The minimum absolute atomic E-state index is 0.0484.